The van der Waals surface area contributed by atoms with Gasteiger partial charge in [-0.3, -0.25) is 9.59 Å². The molecule has 4 nitrogen and oxygen atoms in total. The summed E-state index contributed by atoms with van der Waals surface area (Å²) < 4.78 is 4.55. The lowest BCUT2D eigenvalue weighted by molar-refractivity contribution is -0.138. The third-order valence-electron chi connectivity index (χ3n) is 2.21. The molecule has 1 atom stereocenters. The Hall–Kier alpha value is -0.900. The van der Waals surface area contributed by atoms with Gasteiger partial charge in [0.25, 0.3) is 6.47 Å². The number of rotatable bonds is 2. The van der Waals surface area contributed by atoms with E-state index in [2.05, 4.69) is 17.0 Å². The summed E-state index contributed by atoms with van der Waals surface area (Å²) in [6.45, 7) is 8.91. The van der Waals surface area contributed by atoms with Crippen LogP contribution in [0.25, 0.3) is 0 Å². The molecule has 0 spiro atoms. The van der Waals surface area contributed by atoms with E-state index in [9.17, 15) is 9.59 Å². The molecule has 1 fully saturated rings. The van der Waals surface area contributed by atoms with E-state index in [-0.39, 0.29) is 5.60 Å². The minimum absolute atomic E-state index is 0.318. The van der Waals surface area contributed by atoms with E-state index in [1.165, 1.54) is 0 Å². The largest absolute Gasteiger partial charge is 0.462 e. The second-order valence-electron chi connectivity index (χ2n) is 4.88. The van der Waals surface area contributed by atoms with Gasteiger partial charge < -0.3 is 10.1 Å². The first-order valence-electron chi connectivity index (χ1n) is 5.75. The number of carbonyl (C=O) groups is 2. The van der Waals surface area contributed by atoms with Crippen LogP contribution in [-0.4, -0.2) is 30.4 Å². The predicted molar refractivity (Wildman–Crippen MR) is 63.2 cm³/mol. The van der Waals surface area contributed by atoms with E-state index in [0.717, 1.165) is 25.8 Å². The average Bonchev–Trinajstić information content (AvgIpc) is 2.17. The summed E-state index contributed by atoms with van der Waals surface area (Å²) in [5.74, 6) is 0.417. The van der Waals surface area contributed by atoms with Crippen LogP contribution < -0.4 is 5.32 Å². The highest BCUT2D eigenvalue weighted by atomic mass is 16.5. The Kier molecular flexibility index (Phi) is 6.97. The SMILES string of the molecule is CC(C)(C)OC=O.CCC1CC(=O)CCN1. The molecule has 0 saturated carbocycles. The second kappa shape index (κ2) is 7.39. The zero-order chi connectivity index (χ0) is 12.6. The molecule has 0 aliphatic carbocycles. The van der Waals surface area contributed by atoms with E-state index < -0.39 is 0 Å². The van der Waals surface area contributed by atoms with Crippen molar-refractivity contribution in [1.82, 2.24) is 5.32 Å². The zero-order valence-corrected chi connectivity index (χ0v) is 10.7. The lowest BCUT2D eigenvalue weighted by Crippen LogP contribution is -2.37. The van der Waals surface area contributed by atoms with Crippen LogP contribution in [0.3, 0.4) is 0 Å². The van der Waals surface area contributed by atoms with Gasteiger partial charge in [0.2, 0.25) is 0 Å². The maximum absolute atomic E-state index is 10.8. The van der Waals surface area contributed by atoms with Crippen molar-refractivity contribution < 1.29 is 14.3 Å². The number of hydrogen-bond donors (Lipinski definition) is 1. The van der Waals surface area contributed by atoms with Crippen LogP contribution in [0.15, 0.2) is 0 Å². The van der Waals surface area contributed by atoms with Gasteiger partial charge >= 0.3 is 0 Å². The van der Waals surface area contributed by atoms with E-state index >= 15 is 0 Å². The molecule has 0 aromatic rings. The highest BCUT2D eigenvalue weighted by molar-refractivity contribution is 5.79. The quantitative estimate of drug-likeness (QED) is 0.732. The normalized spacial score (nSPS) is 20.8. The highest BCUT2D eigenvalue weighted by Gasteiger charge is 2.15. The Balaban J connectivity index is 0.000000293. The second-order valence-corrected chi connectivity index (χ2v) is 4.88. The first-order chi connectivity index (χ1) is 7.39. The molecule has 1 heterocycles. The predicted octanol–water partition coefficient (Wildman–Crippen LogP) is 1.68. The Bertz CT molecular complexity index is 221. The summed E-state index contributed by atoms with van der Waals surface area (Å²) in [5.41, 5.74) is -0.318. The third kappa shape index (κ3) is 8.41. The molecule has 1 N–H and O–H groups in total. The number of hydrogen-bond acceptors (Lipinski definition) is 4. The number of nitrogens with one attached hydrogen (secondary N) is 1. The molecule has 1 aliphatic rings. The molecule has 0 aromatic carbocycles. The molecular weight excluding hydrogens is 206 g/mol. The molecule has 1 aliphatic heterocycles. The van der Waals surface area contributed by atoms with Crippen LogP contribution in [0.4, 0.5) is 0 Å². The molecule has 0 bridgehead atoms. The Morgan fingerprint density at radius 3 is 2.38 bits per heavy atom. The Morgan fingerprint density at radius 1 is 1.50 bits per heavy atom. The van der Waals surface area contributed by atoms with Crippen LogP contribution in [0.1, 0.15) is 47.0 Å². The van der Waals surface area contributed by atoms with Crippen molar-refractivity contribution in [2.75, 3.05) is 6.54 Å². The molecular formula is C12H23NO3. The van der Waals surface area contributed by atoms with Gasteiger partial charge in [0.15, 0.2) is 0 Å². The van der Waals surface area contributed by atoms with Gasteiger partial charge in [0.05, 0.1) is 0 Å². The standard InChI is InChI=1S/C7H13NO.C5H10O2/c1-2-6-5-7(9)3-4-8-6;1-5(2,3)7-4-6/h6,8H,2-5H2,1H3;4H,1-3H3. The average molecular weight is 229 g/mol. The topological polar surface area (TPSA) is 55.4 Å². The smallest absolute Gasteiger partial charge is 0.293 e. The highest BCUT2D eigenvalue weighted by Crippen LogP contribution is 2.05. The molecule has 16 heavy (non-hydrogen) atoms. The summed E-state index contributed by atoms with van der Waals surface area (Å²) in [6, 6.07) is 0.464. The van der Waals surface area contributed by atoms with Crippen molar-refractivity contribution in [3.63, 3.8) is 0 Å². The minimum Gasteiger partial charge on any atom is -0.462 e. The zero-order valence-electron chi connectivity index (χ0n) is 10.7. The molecule has 0 amide bonds. The molecule has 0 radical (unpaired) electrons. The van der Waals surface area contributed by atoms with Gasteiger partial charge in [0, 0.05) is 25.4 Å². The first kappa shape index (κ1) is 15.1. The van der Waals surface area contributed by atoms with Crippen molar-refractivity contribution in [1.29, 1.82) is 0 Å². The fourth-order valence-corrected chi connectivity index (χ4v) is 1.30. The van der Waals surface area contributed by atoms with Crippen LogP contribution in [0, 0.1) is 0 Å². The number of ketones is 1. The summed E-state index contributed by atoms with van der Waals surface area (Å²) in [7, 11) is 0. The van der Waals surface area contributed by atoms with Gasteiger partial charge in [-0.1, -0.05) is 6.92 Å². The van der Waals surface area contributed by atoms with Gasteiger partial charge in [-0.25, -0.2) is 0 Å². The third-order valence-corrected chi connectivity index (χ3v) is 2.21. The van der Waals surface area contributed by atoms with Gasteiger partial charge in [0.1, 0.15) is 11.4 Å². The van der Waals surface area contributed by atoms with Crippen molar-refractivity contribution in [2.45, 2.75) is 58.6 Å². The van der Waals surface area contributed by atoms with Crippen LogP contribution in [-0.2, 0) is 14.3 Å². The fraction of sp³-hybridized carbons (Fsp3) is 0.833. The van der Waals surface area contributed by atoms with E-state index in [1.807, 2.05) is 20.8 Å². The number of carbonyl (C=O) groups excluding carboxylic acids is 2. The minimum atomic E-state index is -0.318. The molecule has 94 valence electrons. The maximum atomic E-state index is 10.8. The molecule has 1 unspecified atom stereocenters. The van der Waals surface area contributed by atoms with E-state index in [4.69, 9.17) is 0 Å². The molecule has 1 saturated heterocycles. The van der Waals surface area contributed by atoms with Gasteiger partial charge in [-0.2, -0.15) is 0 Å². The molecule has 4 heteroatoms. The fourth-order valence-electron chi connectivity index (χ4n) is 1.30. The summed E-state index contributed by atoms with van der Waals surface area (Å²) in [4.78, 5) is 20.4. The lowest BCUT2D eigenvalue weighted by Gasteiger charge is -2.20. The van der Waals surface area contributed by atoms with Crippen LogP contribution in [0.2, 0.25) is 0 Å². The Morgan fingerprint density at radius 2 is 2.12 bits per heavy atom. The van der Waals surface area contributed by atoms with Crippen molar-refractivity contribution in [3.05, 3.63) is 0 Å². The lowest BCUT2D eigenvalue weighted by atomic mass is 10.0. The van der Waals surface area contributed by atoms with Crippen LogP contribution >= 0.6 is 0 Å². The molecule has 0 aromatic heterocycles. The van der Waals surface area contributed by atoms with E-state index in [0.29, 0.717) is 18.3 Å². The summed E-state index contributed by atoms with van der Waals surface area (Å²) in [5, 5.41) is 3.28. The van der Waals surface area contributed by atoms with Crippen molar-refractivity contribution in [3.8, 4) is 0 Å². The van der Waals surface area contributed by atoms with Crippen molar-refractivity contribution >= 4 is 12.3 Å². The maximum Gasteiger partial charge on any atom is 0.293 e. The number of Topliss-reactive ketones (excluding diaryl/α,β-unsaturated/α-hetero) is 1. The van der Waals surface area contributed by atoms with Gasteiger partial charge in [-0.05, 0) is 27.2 Å². The van der Waals surface area contributed by atoms with Gasteiger partial charge in [-0.15, -0.1) is 0 Å². The molecule has 1 rings (SSSR count). The summed E-state index contributed by atoms with van der Waals surface area (Å²) >= 11 is 0. The number of ether oxygens (including phenoxy) is 1. The van der Waals surface area contributed by atoms with Crippen molar-refractivity contribution in [2.24, 2.45) is 0 Å². The number of piperidine rings is 1. The monoisotopic (exact) mass is 229 g/mol. The van der Waals surface area contributed by atoms with E-state index in [1.54, 1.807) is 0 Å². The Labute approximate surface area is 97.7 Å². The first-order valence-corrected chi connectivity index (χ1v) is 5.75. The summed E-state index contributed by atoms with van der Waals surface area (Å²) in [6.07, 6.45) is 2.55. The van der Waals surface area contributed by atoms with Crippen LogP contribution in [0.5, 0.6) is 0 Å².